The van der Waals surface area contributed by atoms with Gasteiger partial charge in [-0.25, -0.2) is 0 Å². The molecule has 0 radical (unpaired) electrons. The van der Waals surface area contributed by atoms with Crippen LogP contribution >= 0.6 is 0 Å². The maximum absolute atomic E-state index is 11.8. The standard InChI is InChI=1S/C11H17N5O3/c12-10(17)6-16-5-9(4-14-16)15-11(18)3-8-7-19-2-1-13-8/h4-5,8,13H,1-3,6-7H2,(H2,12,17)(H,15,18). The third-order valence-electron chi connectivity index (χ3n) is 2.67. The monoisotopic (exact) mass is 267 g/mol. The molecule has 4 N–H and O–H groups in total. The molecule has 2 amide bonds. The third kappa shape index (κ3) is 4.34. The molecule has 104 valence electrons. The number of primary amides is 1. The molecule has 1 aliphatic heterocycles. The van der Waals surface area contributed by atoms with Crippen LogP contribution in [0.2, 0.25) is 0 Å². The maximum atomic E-state index is 11.8. The molecule has 0 aromatic carbocycles. The van der Waals surface area contributed by atoms with Crippen molar-refractivity contribution in [2.45, 2.75) is 19.0 Å². The first-order chi connectivity index (χ1) is 9.13. The molecule has 1 aliphatic rings. The van der Waals surface area contributed by atoms with Crippen LogP contribution < -0.4 is 16.4 Å². The molecule has 19 heavy (non-hydrogen) atoms. The van der Waals surface area contributed by atoms with E-state index in [1.165, 1.54) is 10.9 Å². The maximum Gasteiger partial charge on any atom is 0.239 e. The second-order valence-electron chi connectivity index (χ2n) is 4.37. The van der Waals surface area contributed by atoms with Gasteiger partial charge in [-0.15, -0.1) is 0 Å². The van der Waals surface area contributed by atoms with Crippen molar-refractivity contribution in [2.75, 3.05) is 25.1 Å². The van der Waals surface area contributed by atoms with E-state index in [1.807, 2.05) is 0 Å². The number of rotatable bonds is 5. The Balaban J connectivity index is 1.81. The first-order valence-corrected chi connectivity index (χ1v) is 6.05. The summed E-state index contributed by atoms with van der Waals surface area (Å²) in [6, 6.07) is 0.0365. The number of nitrogens with two attached hydrogens (primary N) is 1. The molecular weight excluding hydrogens is 250 g/mol. The van der Waals surface area contributed by atoms with Crippen LogP contribution in [0.4, 0.5) is 5.69 Å². The number of aromatic nitrogens is 2. The average molecular weight is 267 g/mol. The Bertz CT molecular complexity index is 453. The predicted molar refractivity (Wildman–Crippen MR) is 67.3 cm³/mol. The van der Waals surface area contributed by atoms with Gasteiger partial charge >= 0.3 is 0 Å². The Morgan fingerprint density at radius 2 is 2.47 bits per heavy atom. The second-order valence-corrected chi connectivity index (χ2v) is 4.37. The number of hydrogen-bond acceptors (Lipinski definition) is 5. The predicted octanol–water partition coefficient (Wildman–Crippen LogP) is -1.31. The number of nitrogens with zero attached hydrogens (tertiary/aromatic N) is 2. The van der Waals surface area contributed by atoms with E-state index < -0.39 is 5.91 Å². The lowest BCUT2D eigenvalue weighted by atomic mass is 10.2. The van der Waals surface area contributed by atoms with Crippen molar-refractivity contribution in [2.24, 2.45) is 5.73 Å². The summed E-state index contributed by atoms with van der Waals surface area (Å²) in [5.41, 5.74) is 5.59. The first-order valence-electron chi connectivity index (χ1n) is 6.05. The van der Waals surface area contributed by atoms with Crippen molar-refractivity contribution in [1.82, 2.24) is 15.1 Å². The molecule has 1 unspecified atom stereocenters. The van der Waals surface area contributed by atoms with Crippen LogP contribution in [0.15, 0.2) is 12.4 Å². The molecule has 8 nitrogen and oxygen atoms in total. The zero-order valence-corrected chi connectivity index (χ0v) is 10.5. The van der Waals surface area contributed by atoms with Gasteiger partial charge in [-0.3, -0.25) is 14.3 Å². The lowest BCUT2D eigenvalue weighted by Crippen LogP contribution is -2.43. The van der Waals surface area contributed by atoms with E-state index in [0.29, 0.717) is 25.3 Å². The van der Waals surface area contributed by atoms with E-state index in [0.717, 1.165) is 6.54 Å². The van der Waals surface area contributed by atoms with E-state index in [9.17, 15) is 9.59 Å². The molecule has 2 rings (SSSR count). The van der Waals surface area contributed by atoms with E-state index >= 15 is 0 Å². The van der Waals surface area contributed by atoms with Crippen LogP contribution in [-0.2, 0) is 20.9 Å². The Morgan fingerprint density at radius 1 is 1.63 bits per heavy atom. The summed E-state index contributed by atoms with van der Waals surface area (Å²) in [6.07, 6.45) is 3.38. The summed E-state index contributed by atoms with van der Waals surface area (Å²) in [7, 11) is 0. The summed E-state index contributed by atoms with van der Waals surface area (Å²) < 4.78 is 6.65. The summed E-state index contributed by atoms with van der Waals surface area (Å²) >= 11 is 0. The number of carbonyl (C=O) groups excluding carboxylic acids is 2. The van der Waals surface area contributed by atoms with E-state index in [1.54, 1.807) is 6.20 Å². The highest BCUT2D eigenvalue weighted by Gasteiger charge is 2.17. The molecule has 0 spiro atoms. The number of morpholine rings is 1. The number of amides is 2. The Labute approximate surface area is 110 Å². The summed E-state index contributed by atoms with van der Waals surface area (Å²) in [5, 5.41) is 9.83. The molecule has 1 aromatic rings. The van der Waals surface area contributed by atoms with Gasteiger partial charge in [0.05, 0.1) is 25.1 Å². The smallest absolute Gasteiger partial charge is 0.239 e. The largest absolute Gasteiger partial charge is 0.378 e. The van der Waals surface area contributed by atoms with Gasteiger partial charge in [0.25, 0.3) is 0 Å². The number of carbonyl (C=O) groups is 2. The minimum atomic E-state index is -0.482. The van der Waals surface area contributed by atoms with Gasteiger partial charge in [0.15, 0.2) is 0 Å². The lowest BCUT2D eigenvalue weighted by molar-refractivity contribution is -0.119. The van der Waals surface area contributed by atoms with E-state index in [-0.39, 0.29) is 18.5 Å². The van der Waals surface area contributed by atoms with Crippen molar-refractivity contribution in [1.29, 1.82) is 0 Å². The summed E-state index contributed by atoms with van der Waals surface area (Å²) in [5.74, 6) is -0.605. The Morgan fingerprint density at radius 3 is 3.16 bits per heavy atom. The van der Waals surface area contributed by atoms with Crippen molar-refractivity contribution in [3.8, 4) is 0 Å². The zero-order chi connectivity index (χ0) is 13.7. The third-order valence-corrected chi connectivity index (χ3v) is 2.67. The Kier molecular flexibility index (Phi) is 4.48. The van der Waals surface area contributed by atoms with Gasteiger partial charge in [-0.1, -0.05) is 0 Å². The molecule has 1 aromatic heterocycles. The van der Waals surface area contributed by atoms with Crippen LogP contribution in [0, 0.1) is 0 Å². The topological polar surface area (TPSA) is 111 Å². The molecule has 8 heteroatoms. The SMILES string of the molecule is NC(=O)Cn1cc(NC(=O)CC2COCCN2)cn1. The molecule has 1 saturated heterocycles. The van der Waals surface area contributed by atoms with Gasteiger partial charge in [0.2, 0.25) is 11.8 Å². The van der Waals surface area contributed by atoms with Crippen LogP contribution in [0.25, 0.3) is 0 Å². The molecule has 2 heterocycles. The van der Waals surface area contributed by atoms with Gasteiger partial charge in [0.1, 0.15) is 6.54 Å². The minimum Gasteiger partial charge on any atom is -0.378 e. The lowest BCUT2D eigenvalue weighted by Gasteiger charge is -2.23. The summed E-state index contributed by atoms with van der Waals surface area (Å²) in [6.45, 7) is 1.97. The molecule has 0 aliphatic carbocycles. The van der Waals surface area contributed by atoms with Crippen LogP contribution in [-0.4, -0.2) is 47.4 Å². The fraction of sp³-hybridized carbons (Fsp3) is 0.545. The quantitative estimate of drug-likeness (QED) is 0.613. The molecular formula is C11H17N5O3. The van der Waals surface area contributed by atoms with Crippen LogP contribution in [0.5, 0.6) is 0 Å². The Hall–Kier alpha value is -1.93. The number of hydrogen-bond donors (Lipinski definition) is 3. The van der Waals surface area contributed by atoms with Gasteiger partial charge in [-0.2, -0.15) is 5.10 Å². The molecule has 0 saturated carbocycles. The fourth-order valence-electron chi connectivity index (χ4n) is 1.86. The van der Waals surface area contributed by atoms with Crippen molar-refractivity contribution >= 4 is 17.5 Å². The zero-order valence-electron chi connectivity index (χ0n) is 10.5. The minimum absolute atomic E-state index is 0.00606. The van der Waals surface area contributed by atoms with E-state index in [4.69, 9.17) is 10.5 Å². The van der Waals surface area contributed by atoms with Crippen molar-refractivity contribution < 1.29 is 14.3 Å². The van der Waals surface area contributed by atoms with Crippen molar-refractivity contribution in [3.05, 3.63) is 12.4 Å². The normalized spacial score (nSPS) is 19.1. The van der Waals surface area contributed by atoms with Gasteiger partial charge in [-0.05, 0) is 0 Å². The van der Waals surface area contributed by atoms with Gasteiger partial charge in [0, 0.05) is 25.2 Å². The van der Waals surface area contributed by atoms with Crippen molar-refractivity contribution in [3.63, 3.8) is 0 Å². The van der Waals surface area contributed by atoms with Crippen LogP contribution in [0.3, 0.4) is 0 Å². The van der Waals surface area contributed by atoms with Gasteiger partial charge < -0.3 is 21.1 Å². The highest BCUT2D eigenvalue weighted by Crippen LogP contribution is 2.07. The highest BCUT2D eigenvalue weighted by molar-refractivity contribution is 5.90. The number of ether oxygens (including phenoxy) is 1. The number of anilines is 1. The molecule has 0 bridgehead atoms. The number of nitrogens with one attached hydrogen (secondary N) is 2. The molecule has 1 fully saturated rings. The first kappa shape index (κ1) is 13.5. The highest BCUT2D eigenvalue weighted by atomic mass is 16.5. The average Bonchev–Trinajstić information content (AvgIpc) is 2.76. The van der Waals surface area contributed by atoms with E-state index in [2.05, 4.69) is 15.7 Å². The summed E-state index contributed by atoms with van der Waals surface area (Å²) in [4.78, 5) is 22.5. The second kappa shape index (κ2) is 6.30. The fourth-order valence-corrected chi connectivity index (χ4v) is 1.86. The molecule has 1 atom stereocenters. The van der Waals surface area contributed by atoms with Crippen LogP contribution in [0.1, 0.15) is 6.42 Å².